The number of hydrogen-bond donors (Lipinski definition) is 2. The van der Waals surface area contributed by atoms with Gasteiger partial charge < -0.3 is 15.3 Å². The lowest BCUT2D eigenvalue weighted by atomic mass is 9.91. The molecule has 5 rings (SSSR count). The Morgan fingerprint density at radius 2 is 1.79 bits per heavy atom. The van der Waals surface area contributed by atoms with Gasteiger partial charge in [0.1, 0.15) is 29.1 Å². The summed E-state index contributed by atoms with van der Waals surface area (Å²) < 4.78 is 0. The van der Waals surface area contributed by atoms with Gasteiger partial charge in [0, 0.05) is 43.3 Å². The summed E-state index contributed by atoms with van der Waals surface area (Å²) >= 11 is 1.70. The molecule has 0 radical (unpaired) electrons. The first-order chi connectivity index (χ1) is 14.3. The Kier molecular flexibility index (Phi) is 5.48. The molecule has 0 amide bonds. The molecule has 3 heterocycles. The second-order valence-electron chi connectivity index (χ2n) is 8.43. The van der Waals surface area contributed by atoms with Gasteiger partial charge in [-0.15, -0.1) is 11.3 Å². The minimum atomic E-state index is -0.123. The molecule has 2 atom stereocenters. The molecule has 152 valence electrons. The van der Waals surface area contributed by atoms with Crippen molar-refractivity contribution in [2.24, 2.45) is 0 Å². The van der Waals surface area contributed by atoms with Crippen molar-refractivity contribution >= 4 is 27.4 Å². The van der Waals surface area contributed by atoms with Gasteiger partial charge in [-0.2, -0.15) is 0 Å². The number of anilines is 1. The SMILES string of the molecule is O[C@@H]1CCCC[C@@H]1[NH2+]C1CCN(c2ncnc3scc(-c4ccccc4)c23)CC1. The third-order valence-electron chi connectivity index (χ3n) is 6.58. The lowest BCUT2D eigenvalue weighted by molar-refractivity contribution is -0.731. The van der Waals surface area contributed by atoms with Crippen LogP contribution >= 0.6 is 11.3 Å². The maximum absolute atomic E-state index is 10.3. The lowest BCUT2D eigenvalue weighted by Gasteiger charge is -2.35. The van der Waals surface area contributed by atoms with Crippen LogP contribution in [0.3, 0.4) is 0 Å². The van der Waals surface area contributed by atoms with Crippen molar-refractivity contribution in [3.8, 4) is 11.1 Å². The number of nitrogens with zero attached hydrogens (tertiary/aromatic N) is 3. The standard InChI is InChI=1S/C23H28N4OS/c28-20-9-5-4-8-19(20)26-17-10-12-27(13-11-17)22-21-18(16-6-2-1-3-7-16)14-29-23(21)25-15-24-22/h1-3,6-7,14-15,17,19-20,26,28H,4-5,8-13H2/p+1/t19-,20+/m0/s1. The highest BCUT2D eigenvalue weighted by atomic mass is 32.1. The molecule has 3 N–H and O–H groups in total. The third-order valence-corrected chi connectivity index (χ3v) is 7.46. The highest BCUT2D eigenvalue weighted by Crippen LogP contribution is 2.38. The molecular weight excluding hydrogens is 380 g/mol. The van der Waals surface area contributed by atoms with Gasteiger partial charge in [-0.3, -0.25) is 0 Å². The number of quaternary nitrogens is 1. The van der Waals surface area contributed by atoms with Crippen molar-refractivity contribution in [3.05, 3.63) is 42.0 Å². The first-order valence-corrected chi connectivity index (χ1v) is 11.7. The van der Waals surface area contributed by atoms with E-state index in [1.165, 1.54) is 29.4 Å². The van der Waals surface area contributed by atoms with Gasteiger partial charge in [0.15, 0.2) is 0 Å². The van der Waals surface area contributed by atoms with Crippen LogP contribution in [-0.4, -0.2) is 46.4 Å². The number of aromatic nitrogens is 2. The van der Waals surface area contributed by atoms with E-state index in [1.54, 1.807) is 17.7 Å². The average Bonchev–Trinajstić information content (AvgIpc) is 3.21. The smallest absolute Gasteiger partial charge is 0.141 e. The van der Waals surface area contributed by atoms with E-state index in [0.717, 1.165) is 49.4 Å². The molecule has 1 aliphatic heterocycles. The molecule has 1 saturated carbocycles. The first-order valence-electron chi connectivity index (χ1n) is 10.9. The molecule has 6 heteroatoms. The van der Waals surface area contributed by atoms with Crippen LogP contribution in [0.15, 0.2) is 42.0 Å². The van der Waals surface area contributed by atoms with Gasteiger partial charge in [-0.25, -0.2) is 9.97 Å². The fourth-order valence-corrected chi connectivity index (χ4v) is 5.86. The van der Waals surface area contributed by atoms with Gasteiger partial charge >= 0.3 is 0 Å². The predicted molar refractivity (Wildman–Crippen MR) is 118 cm³/mol. The second-order valence-corrected chi connectivity index (χ2v) is 9.28. The van der Waals surface area contributed by atoms with E-state index in [1.807, 2.05) is 0 Å². The van der Waals surface area contributed by atoms with E-state index >= 15 is 0 Å². The van der Waals surface area contributed by atoms with Gasteiger partial charge in [-0.05, 0) is 18.4 Å². The Labute approximate surface area is 175 Å². The van der Waals surface area contributed by atoms with Crippen LogP contribution in [0.25, 0.3) is 21.3 Å². The fraction of sp³-hybridized carbons (Fsp3) is 0.478. The Morgan fingerprint density at radius 1 is 1.00 bits per heavy atom. The van der Waals surface area contributed by atoms with Gasteiger partial charge in [0.25, 0.3) is 0 Å². The second kappa shape index (κ2) is 8.38. The van der Waals surface area contributed by atoms with Crippen LogP contribution in [0.5, 0.6) is 0 Å². The number of aliphatic hydroxyl groups is 1. The maximum Gasteiger partial charge on any atom is 0.141 e. The van der Waals surface area contributed by atoms with Gasteiger partial charge in [0.05, 0.1) is 11.4 Å². The van der Waals surface area contributed by atoms with E-state index in [2.05, 4.69) is 50.9 Å². The molecule has 1 saturated heterocycles. The summed E-state index contributed by atoms with van der Waals surface area (Å²) in [5, 5.41) is 16.2. The lowest BCUT2D eigenvalue weighted by Crippen LogP contribution is -2.98. The van der Waals surface area contributed by atoms with Crippen LogP contribution in [0, 0.1) is 0 Å². The van der Waals surface area contributed by atoms with E-state index in [4.69, 9.17) is 4.98 Å². The summed E-state index contributed by atoms with van der Waals surface area (Å²) in [6.07, 6.45) is 8.43. The van der Waals surface area contributed by atoms with Crippen molar-refractivity contribution in [1.82, 2.24) is 9.97 Å². The van der Waals surface area contributed by atoms with Crippen molar-refractivity contribution in [2.45, 2.75) is 56.7 Å². The zero-order valence-corrected chi connectivity index (χ0v) is 17.5. The number of aliphatic hydroxyl groups excluding tert-OH is 1. The van der Waals surface area contributed by atoms with Gasteiger partial charge in [0.2, 0.25) is 0 Å². The Bertz CT molecular complexity index is 952. The Morgan fingerprint density at radius 3 is 2.59 bits per heavy atom. The van der Waals surface area contributed by atoms with Crippen LogP contribution in [0.1, 0.15) is 38.5 Å². The zero-order chi connectivity index (χ0) is 19.6. The molecule has 0 bridgehead atoms. The number of nitrogens with two attached hydrogens (primary N) is 1. The van der Waals surface area contributed by atoms with Gasteiger partial charge in [-0.1, -0.05) is 36.8 Å². The normalized spacial score (nSPS) is 23.6. The summed E-state index contributed by atoms with van der Waals surface area (Å²) in [5.41, 5.74) is 2.46. The van der Waals surface area contributed by atoms with Crippen LogP contribution in [0.2, 0.25) is 0 Å². The molecule has 2 aromatic heterocycles. The molecule has 5 nitrogen and oxygen atoms in total. The first kappa shape index (κ1) is 19.0. The Balaban J connectivity index is 1.34. The summed E-state index contributed by atoms with van der Waals surface area (Å²) in [6.45, 7) is 2.03. The molecule has 1 aromatic carbocycles. The molecule has 29 heavy (non-hydrogen) atoms. The maximum atomic E-state index is 10.3. The van der Waals surface area contributed by atoms with Crippen LogP contribution < -0.4 is 10.2 Å². The minimum absolute atomic E-state index is 0.123. The summed E-state index contributed by atoms with van der Waals surface area (Å²) in [7, 11) is 0. The number of hydrogen-bond acceptors (Lipinski definition) is 5. The highest BCUT2D eigenvalue weighted by Gasteiger charge is 2.31. The van der Waals surface area contributed by atoms with E-state index in [-0.39, 0.29) is 6.10 Å². The molecule has 3 aromatic rings. The number of piperidine rings is 1. The highest BCUT2D eigenvalue weighted by molar-refractivity contribution is 7.17. The predicted octanol–water partition coefficient (Wildman–Crippen LogP) is 3.19. The summed E-state index contributed by atoms with van der Waals surface area (Å²) in [4.78, 5) is 12.7. The van der Waals surface area contributed by atoms with Crippen molar-refractivity contribution in [2.75, 3.05) is 18.0 Å². The molecule has 0 unspecified atom stereocenters. The minimum Gasteiger partial charge on any atom is -0.387 e. The molecule has 0 spiro atoms. The molecular formula is C23H29N4OS+. The van der Waals surface area contributed by atoms with Crippen molar-refractivity contribution in [1.29, 1.82) is 0 Å². The number of benzene rings is 1. The molecule has 2 aliphatic rings. The summed E-state index contributed by atoms with van der Waals surface area (Å²) in [6, 6.07) is 11.6. The number of thiophene rings is 1. The van der Waals surface area contributed by atoms with Crippen molar-refractivity contribution in [3.63, 3.8) is 0 Å². The van der Waals surface area contributed by atoms with Crippen LogP contribution in [-0.2, 0) is 0 Å². The topological polar surface area (TPSA) is 65.9 Å². The number of fused-ring (bicyclic) bond motifs is 1. The molecule has 2 fully saturated rings. The fourth-order valence-electron chi connectivity index (χ4n) is 4.95. The summed E-state index contributed by atoms with van der Waals surface area (Å²) in [5.74, 6) is 1.08. The third kappa shape index (κ3) is 3.89. The molecule has 1 aliphatic carbocycles. The average molecular weight is 410 g/mol. The monoisotopic (exact) mass is 409 g/mol. The Hall–Kier alpha value is -2.02. The van der Waals surface area contributed by atoms with Crippen LogP contribution in [0.4, 0.5) is 5.82 Å². The number of rotatable bonds is 4. The largest absolute Gasteiger partial charge is 0.387 e. The zero-order valence-electron chi connectivity index (χ0n) is 16.7. The van der Waals surface area contributed by atoms with E-state index < -0.39 is 0 Å². The van der Waals surface area contributed by atoms with Crippen molar-refractivity contribution < 1.29 is 10.4 Å². The van der Waals surface area contributed by atoms with E-state index in [0.29, 0.717) is 12.1 Å². The quantitative estimate of drug-likeness (QED) is 0.695. The van der Waals surface area contributed by atoms with E-state index in [9.17, 15) is 5.11 Å².